The molecule has 33 heavy (non-hydrogen) atoms. The number of hydrogen-bond donors (Lipinski definition) is 1. The van der Waals surface area contributed by atoms with Crippen LogP contribution in [0.5, 0.6) is 11.5 Å². The number of hydrogen-bond acceptors (Lipinski definition) is 6. The average molecular weight is 471 g/mol. The monoisotopic (exact) mass is 470 g/mol. The van der Waals surface area contributed by atoms with Crippen molar-refractivity contribution in [2.75, 3.05) is 14.2 Å². The number of imide groups is 1. The van der Waals surface area contributed by atoms with Crippen molar-refractivity contribution in [3.8, 4) is 11.5 Å². The lowest BCUT2D eigenvalue weighted by atomic mass is 9.91. The first-order valence-corrected chi connectivity index (χ1v) is 10.7. The van der Waals surface area contributed by atoms with Gasteiger partial charge < -0.3 is 19.2 Å². The molecule has 0 bridgehead atoms. The first kappa shape index (κ1) is 22.7. The lowest BCUT2D eigenvalue weighted by Crippen LogP contribution is -2.40. The van der Waals surface area contributed by atoms with Crippen molar-refractivity contribution in [1.29, 1.82) is 0 Å². The Labute approximate surface area is 195 Å². The normalized spacial score (nSPS) is 18.0. The predicted octanol–water partition coefficient (Wildman–Crippen LogP) is 3.99. The first-order chi connectivity index (χ1) is 15.7. The van der Waals surface area contributed by atoms with Gasteiger partial charge in [0, 0.05) is 16.5 Å². The number of nitrogens with one attached hydrogen (secondary N) is 1. The molecule has 0 saturated carbocycles. The summed E-state index contributed by atoms with van der Waals surface area (Å²) in [6.07, 6.45) is 0.666. The summed E-state index contributed by atoms with van der Waals surface area (Å²) in [7, 11) is 3.01. The van der Waals surface area contributed by atoms with E-state index in [0.717, 1.165) is 10.5 Å². The van der Waals surface area contributed by atoms with Gasteiger partial charge in [0.2, 0.25) is 0 Å². The fourth-order valence-corrected chi connectivity index (χ4v) is 4.34. The highest BCUT2D eigenvalue weighted by molar-refractivity contribution is 6.32. The molecule has 4 rings (SSSR count). The number of carbonyl (C=O) groups is 2. The molecule has 1 aromatic heterocycles. The molecule has 1 aliphatic rings. The van der Waals surface area contributed by atoms with E-state index in [-0.39, 0.29) is 6.54 Å². The Kier molecular flexibility index (Phi) is 5.80. The number of fused-ring (bicyclic) bond motifs is 1. The molecule has 1 N–H and O–H groups in total. The molecule has 0 spiro atoms. The quantitative estimate of drug-likeness (QED) is 0.432. The van der Waals surface area contributed by atoms with Gasteiger partial charge in [0.05, 0.1) is 20.8 Å². The maximum Gasteiger partial charge on any atom is 0.336 e. The summed E-state index contributed by atoms with van der Waals surface area (Å²) in [5, 5.41) is 3.85. The van der Waals surface area contributed by atoms with Gasteiger partial charge in [-0.15, -0.1) is 0 Å². The SMILES string of the molecule is CCc1cc2oc(=O)cc(CN3C(=O)N[C@](C)(c4ccc(OC)c(OC)c4)C3=O)c2cc1Cl. The summed E-state index contributed by atoms with van der Waals surface area (Å²) in [6, 6.07) is 9.12. The van der Waals surface area contributed by atoms with E-state index >= 15 is 0 Å². The number of rotatable bonds is 6. The first-order valence-electron chi connectivity index (χ1n) is 10.3. The molecule has 1 saturated heterocycles. The number of aryl methyl sites for hydroxylation is 1. The molecule has 2 aromatic carbocycles. The summed E-state index contributed by atoms with van der Waals surface area (Å²) >= 11 is 6.37. The van der Waals surface area contributed by atoms with E-state index in [9.17, 15) is 14.4 Å². The van der Waals surface area contributed by atoms with Crippen LogP contribution in [-0.2, 0) is 23.3 Å². The van der Waals surface area contributed by atoms with Crippen molar-refractivity contribution < 1.29 is 23.5 Å². The third-order valence-corrected chi connectivity index (χ3v) is 6.29. The zero-order valence-corrected chi connectivity index (χ0v) is 19.4. The van der Waals surface area contributed by atoms with Gasteiger partial charge in [-0.05, 0) is 54.3 Å². The lowest BCUT2D eigenvalue weighted by Gasteiger charge is -2.23. The van der Waals surface area contributed by atoms with E-state index < -0.39 is 23.1 Å². The number of amides is 3. The van der Waals surface area contributed by atoms with E-state index in [1.54, 1.807) is 37.3 Å². The van der Waals surface area contributed by atoms with Crippen LogP contribution in [0.1, 0.15) is 30.5 Å². The molecule has 8 nitrogen and oxygen atoms in total. The van der Waals surface area contributed by atoms with Crippen LogP contribution in [-0.4, -0.2) is 31.1 Å². The second kappa shape index (κ2) is 8.44. The van der Waals surface area contributed by atoms with Gasteiger partial charge in [0.15, 0.2) is 11.5 Å². The fraction of sp³-hybridized carbons (Fsp3) is 0.292. The summed E-state index contributed by atoms with van der Waals surface area (Å²) in [5.41, 5.74) is 0.296. The Hall–Kier alpha value is -3.52. The Morgan fingerprint density at radius 3 is 2.42 bits per heavy atom. The minimum absolute atomic E-state index is 0.114. The summed E-state index contributed by atoms with van der Waals surface area (Å²) in [4.78, 5) is 39.5. The van der Waals surface area contributed by atoms with Gasteiger partial charge in [-0.2, -0.15) is 0 Å². The highest BCUT2D eigenvalue weighted by atomic mass is 35.5. The molecule has 9 heteroatoms. The van der Waals surface area contributed by atoms with Crippen LogP contribution in [0.2, 0.25) is 5.02 Å². The van der Waals surface area contributed by atoms with E-state index in [0.29, 0.717) is 45.0 Å². The Morgan fingerprint density at radius 1 is 1.03 bits per heavy atom. The average Bonchev–Trinajstić information content (AvgIpc) is 3.02. The van der Waals surface area contributed by atoms with Gasteiger partial charge in [-0.3, -0.25) is 9.69 Å². The van der Waals surface area contributed by atoms with Crippen molar-refractivity contribution in [1.82, 2.24) is 10.2 Å². The third kappa shape index (κ3) is 3.80. The highest BCUT2D eigenvalue weighted by Crippen LogP contribution is 2.36. The van der Waals surface area contributed by atoms with Gasteiger partial charge in [-0.1, -0.05) is 24.6 Å². The van der Waals surface area contributed by atoms with Crippen LogP contribution < -0.4 is 20.4 Å². The lowest BCUT2D eigenvalue weighted by molar-refractivity contribution is -0.131. The largest absolute Gasteiger partial charge is 0.493 e. The molecular formula is C24H23ClN2O6. The zero-order valence-electron chi connectivity index (χ0n) is 18.7. The van der Waals surface area contributed by atoms with E-state index in [1.165, 1.54) is 20.3 Å². The number of urea groups is 1. The maximum absolute atomic E-state index is 13.4. The molecule has 3 aromatic rings. The number of methoxy groups -OCH3 is 2. The standard InChI is InChI=1S/C24H23ClN2O6/c1-5-13-8-19-16(11-17(13)25)14(9-21(28)33-19)12-27-22(29)24(2,26-23(27)30)15-6-7-18(31-3)20(10-15)32-4/h6-11H,5,12H2,1-4H3,(H,26,30)/t24-/m1/s1. The molecule has 0 unspecified atom stereocenters. The molecule has 1 fully saturated rings. The van der Waals surface area contributed by atoms with Crippen molar-refractivity contribution >= 4 is 34.5 Å². The summed E-state index contributed by atoms with van der Waals surface area (Å²) in [5.74, 6) is 0.478. The minimum atomic E-state index is -1.32. The molecule has 1 aliphatic heterocycles. The van der Waals surface area contributed by atoms with Crippen LogP contribution in [0.4, 0.5) is 4.79 Å². The van der Waals surface area contributed by atoms with Crippen LogP contribution in [0.25, 0.3) is 11.0 Å². The summed E-state index contributed by atoms with van der Waals surface area (Å²) in [6.45, 7) is 3.45. The van der Waals surface area contributed by atoms with Crippen LogP contribution in [0.15, 0.2) is 45.6 Å². The molecule has 1 atom stereocenters. The number of nitrogens with zero attached hydrogens (tertiary/aromatic N) is 1. The second-order valence-electron chi connectivity index (χ2n) is 7.90. The second-order valence-corrected chi connectivity index (χ2v) is 8.31. The molecule has 3 amide bonds. The molecule has 0 aliphatic carbocycles. The van der Waals surface area contributed by atoms with Gasteiger partial charge in [-0.25, -0.2) is 9.59 Å². The predicted molar refractivity (Wildman–Crippen MR) is 123 cm³/mol. The minimum Gasteiger partial charge on any atom is -0.493 e. The highest BCUT2D eigenvalue weighted by Gasteiger charge is 2.49. The van der Waals surface area contributed by atoms with Gasteiger partial charge >= 0.3 is 11.7 Å². The number of benzene rings is 2. The van der Waals surface area contributed by atoms with Crippen molar-refractivity contribution in [3.05, 3.63) is 68.5 Å². The number of halogens is 1. The smallest absolute Gasteiger partial charge is 0.336 e. The molecule has 2 heterocycles. The van der Waals surface area contributed by atoms with Crippen LogP contribution in [0.3, 0.4) is 0 Å². The number of carbonyl (C=O) groups excluding carboxylic acids is 2. The molecule has 172 valence electrons. The van der Waals surface area contributed by atoms with E-state index in [4.69, 9.17) is 25.5 Å². The number of ether oxygens (including phenoxy) is 2. The maximum atomic E-state index is 13.4. The summed E-state index contributed by atoms with van der Waals surface area (Å²) < 4.78 is 15.9. The van der Waals surface area contributed by atoms with E-state index in [1.807, 2.05) is 6.92 Å². The Morgan fingerprint density at radius 2 is 1.76 bits per heavy atom. The van der Waals surface area contributed by atoms with Crippen LogP contribution >= 0.6 is 11.6 Å². The van der Waals surface area contributed by atoms with Crippen molar-refractivity contribution in [3.63, 3.8) is 0 Å². The van der Waals surface area contributed by atoms with Gasteiger partial charge in [0.25, 0.3) is 5.91 Å². The van der Waals surface area contributed by atoms with Crippen molar-refractivity contribution in [2.24, 2.45) is 0 Å². The van der Waals surface area contributed by atoms with Gasteiger partial charge in [0.1, 0.15) is 11.1 Å². The fourth-order valence-electron chi connectivity index (χ4n) is 4.04. The Bertz CT molecular complexity index is 1330. The topological polar surface area (TPSA) is 98.1 Å². The molecule has 0 radical (unpaired) electrons. The Balaban J connectivity index is 1.73. The van der Waals surface area contributed by atoms with Crippen LogP contribution in [0, 0.1) is 0 Å². The van der Waals surface area contributed by atoms with Crippen molar-refractivity contribution in [2.45, 2.75) is 32.4 Å². The zero-order chi connectivity index (χ0) is 23.9. The third-order valence-electron chi connectivity index (χ3n) is 5.94. The molecular weight excluding hydrogens is 448 g/mol. The van der Waals surface area contributed by atoms with E-state index in [2.05, 4.69) is 5.32 Å².